The molecular formula is C30H24Cl3N5O2. The molecule has 0 saturated carbocycles. The van der Waals surface area contributed by atoms with E-state index in [1.54, 1.807) is 29.4 Å². The SMILES string of the molecule is O=C(COc1ccc(Cl)cc1Cl)N1CCN(c2ncnc3c2c(-c2ccccc2)cn3-c2cccc(Cl)c2)CC1. The van der Waals surface area contributed by atoms with E-state index in [1.807, 2.05) is 47.0 Å². The molecule has 0 aliphatic carbocycles. The van der Waals surface area contributed by atoms with Crippen molar-refractivity contribution in [3.8, 4) is 22.6 Å². The molecule has 0 atom stereocenters. The van der Waals surface area contributed by atoms with Gasteiger partial charge < -0.3 is 19.1 Å². The Morgan fingerprint density at radius 1 is 0.850 bits per heavy atom. The maximum absolute atomic E-state index is 12.9. The summed E-state index contributed by atoms with van der Waals surface area (Å²) in [6, 6.07) is 22.8. The number of nitrogens with zero attached hydrogens (tertiary/aromatic N) is 5. The Labute approximate surface area is 246 Å². The molecule has 1 amide bonds. The number of hydrogen-bond acceptors (Lipinski definition) is 5. The number of amides is 1. The number of hydrogen-bond donors (Lipinski definition) is 0. The third-order valence-electron chi connectivity index (χ3n) is 6.91. The van der Waals surface area contributed by atoms with E-state index in [-0.39, 0.29) is 12.5 Å². The van der Waals surface area contributed by atoms with Crippen molar-refractivity contribution in [1.29, 1.82) is 0 Å². The number of benzene rings is 3. The van der Waals surface area contributed by atoms with Crippen molar-refractivity contribution >= 4 is 57.6 Å². The Hall–Kier alpha value is -3.78. The summed E-state index contributed by atoms with van der Waals surface area (Å²) >= 11 is 18.5. The number of rotatable bonds is 6. The maximum Gasteiger partial charge on any atom is 0.260 e. The Balaban J connectivity index is 1.26. The van der Waals surface area contributed by atoms with Crippen molar-refractivity contribution in [3.05, 3.63) is 100 Å². The van der Waals surface area contributed by atoms with Gasteiger partial charge in [-0.15, -0.1) is 0 Å². The number of piperazine rings is 1. The largest absolute Gasteiger partial charge is 0.482 e. The lowest BCUT2D eigenvalue weighted by molar-refractivity contribution is -0.133. The minimum Gasteiger partial charge on any atom is -0.482 e. The molecule has 0 N–H and O–H groups in total. The van der Waals surface area contributed by atoms with E-state index in [2.05, 4.69) is 28.2 Å². The Kier molecular flexibility index (Phi) is 7.52. The number of carbonyl (C=O) groups excluding carboxylic acids is 1. The molecule has 0 bridgehead atoms. The van der Waals surface area contributed by atoms with Gasteiger partial charge in [0.15, 0.2) is 12.3 Å². The second-order valence-corrected chi connectivity index (χ2v) is 10.7. The van der Waals surface area contributed by atoms with Crippen LogP contribution in [-0.4, -0.2) is 58.1 Å². The van der Waals surface area contributed by atoms with Crippen LogP contribution in [0.25, 0.3) is 27.8 Å². The summed E-state index contributed by atoms with van der Waals surface area (Å²) in [6.07, 6.45) is 3.68. The summed E-state index contributed by atoms with van der Waals surface area (Å²) in [4.78, 5) is 26.3. The quantitative estimate of drug-likeness (QED) is 0.218. The van der Waals surface area contributed by atoms with Crippen LogP contribution < -0.4 is 9.64 Å². The number of ether oxygens (including phenoxy) is 1. The highest BCUT2D eigenvalue weighted by Gasteiger charge is 2.26. The monoisotopic (exact) mass is 591 g/mol. The van der Waals surface area contributed by atoms with Gasteiger partial charge in [-0.2, -0.15) is 0 Å². The molecule has 0 unspecified atom stereocenters. The fourth-order valence-electron chi connectivity index (χ4n) is 4.94. The lowest BCUT2D eigenvalue weighted by Gasteiger charge is -2.35. The lowest BCUT2D eigenvalue weighted by atomic mass is 10.1. The zero-order valence-electron chi connectivity index (χ0n) is 21.3. The molecule has 3 heterocycles. The van der Waals surface area contributed by atoms with Crippen LogP contribution in [0.1, 0.15) is 0 Å². The Morgan fingerprint density at radius 3 is 2.38 bits per heavy atom. The van der Waals surface area contributed by atoms with Gasteiger partial charge in [-0.25, -0.2) is 9.97 Å². The van der Waals surface area contributed by atoms with Gasteiger partial charge in [0.1, 0.15) is 17.9 Å². The van der Waals surface area contributed by atoms with Gasteiger partial charge in [-0.1, -0.05) is 71.2 Å². The first-order chi connectivity index (χ1) is 19.5. The van der Waals surface area contributed by atoms with Gasteiger partial charge in [0.05, 0.1) is 10.4 Å². The Morgan fingerprint density at radius 2 is 1.62 bits per heavy atom. The van der Waals surface area contributed by atoms with Crippen molar-refractivity contribution in [2.75, 3.05) is 37.7 Å². The van der Waals surface area contributed by atoms with E-state index < -0.39 is 0 Å². The number of fused-ring (bicyclic) bond motifs is 1. The molecule has 1 aliphatic rings. The van der Waals surface area contributed by atoms with Gasteiger partial charge in [0.25, 0.3) is 5.91 Å². The van der Waals surface area contributed by atoms with Crippen molar-refractivity contribution in [2.45, 2.75) is 0 Å². The van der Waals surface area contributed by atoms with Crippen molar-refractivity contribution in [3.63, 3.8) is 0 Å². The third kappa shape index (κ3) is 5.32. The molecule has 0 spiro atoms. The lowest BCUT2D eigenvalue weighted by Crippen LogP contribution is -2.50. The van der Waals surface area contributed by atoms with Crippen LogP contribution in [0.3, 0.4) is 0 Å². The highest BCUT2D eigenvalue weighted by atomic mass is 35.5. The molecule has 202 valence electrons. The number of carbonyl (C=O) groups is 1. The van der Waals surface area contributed by atoms with Crippen LogP contribution in [0.5, 0.6) is 5.75 Å². The van der Waals surface area contributed by atoms with Gasteiger partial charge in [-0.3, -0.25) is 4.79 Å². The Bertz CT molecular complexity index is 1680. The summed E-state index contributed by atoms with van der Waals surface area (Å²) < 4.78 is 7.72. The van der Waals surface area contributed by atoms with E-state index in [0.717, 1.165) is 33.7 Å². The molecule has 3 aromatic carbocycles. The summed E-state index contributed by atoms with van der Waals surface area (Å²) in [5.74, 6) is 1.16. The topological polar surface area (TPSA) is 63.5 Å². The van der Waals surface area contributed by atoms with Gasteiger partial charge in [-0.05, 0) is 42.0 Å². The van der Waals surface area contributed by atoms with E-state index in [4.69, 9.17) is 44.5 Å². The van der Waals surface area contributed by atoms with Crippen molar-refractivity contribution in [1.82, 2.24) is 19.4 Å². The standard InChI is InChI=1S/C30H24Cl3N5O2/c31-21-7-4-8-23(15-21)38-17-24(20-5-2-1-3-6-20)28-29(34-19-35-30(28)38)37-13-11-36(12-14-37)27(39)18-40-26-10-9-22(32)16-25(26)33/h1-10,15-17,19H,11-14,18H2. The number of anilines is 1. The molecule has 7 nitrogen and oxygen atoms in total. The summed E-state index contributed by atoms with van der Waals surface area (Å²) in [6.45, 7) is 2.22. The minimum atomic E-state index is -0.101. The minimum absolute atomic E-state index is 0.0975. The smallest absolute Gasteiger partial charge is 0.260 e. The van der Waals surface area contributed by atoms with E-state index >= 15 is 0 Å². The first-order valence-electron chi connectivity index (χ1n) is 12.8. The van der Waals surface area contributed by atoms with E-state index in [1.165, 1.54) is 0 Å². The maximum atomic E-state index is 12.9. The molecule has 0 radical (unpaired) electrons. The molecule has 1 saturated heterocycles. The zero-order valence-corrected chi connectivity index (χ0v) is 23.6. The van der Waals surface area contributed by atoms with Gasteiger partial charge >= 0.3 is 0 Å². The third-order valence-corrected chi connectivity index (χ3v) is 7.68. The molecule has 2 aromatic heterocycles. The summed E-state index contributed by atoms with van der Waals surface area (Å²) in [7, 11) is 0. The highest BCUT2D eigenvalue weighted by molar-refractivity contribution is 6.35. The molecule has 1 fully saturated rings. The normalized spacial score (nSPS) is 13.6. The van der Waals surface area contributed by atoms with Gasteiger partial charge in [0.2, 0.25) is 0 Å². The zero-order chi connectivity index (χ0) is 27.6. The van der Waals surface area contributed by atoms with Crippen LogP contribution in [0, 0.1) is 0 Å². The molecular weight excluding hydrogens is 569 g/mol. The first kappa shape index (κ1) is 26.4. The fourth-order valence-corrected chi connectivity index (χ4v) is 5.58. The van der Waals surface area contributed by atoms with E-state index in [0.29, 0.717) is 47.0 Å². The average Bonchev–Trinajstić information content (AvgIpc) is 3.37. The van der Waals surface area contributed by atoms with Crippen LogP contribution in [0.4, 0.5) is 5.82 Å². The van der Waals surface area contributed by atoms with Crippen LogP contribution >= 0.6 is 34.8 Å². The van der Waals surface area contributed by atoms with Gasteiger partial charge in [0, 0.05) is 53.7 Å². The van der Waals surface area contributed by atoms with Crippen molar-refractivity contribution in [2.24, 2.45) is 0 Å². The number of halogens is 3. The molecule has 40 heavy (non-hydrogen) atoms. The van der Waals surface area contributed by atoms with Crippen LogP contribution in [-0.2, 0) is 4.79 Å². The molecule has 1 aliphatic heterocycles. The first-order valence-corrected chi connectivity index (χ1v) is 13.9. The van der Waals surface area contributed by atoms with Crippen LogP contribution in [0.15, 0.2) is 85.3 Å². The predicted molar refractivity (Wildman–Crippen MR) is 160 cm³/mol. The predicted octanol–water partition coefficient (Wildman–Crippen LogP) is 6.78. The average molecular weight is 593 g/mol. The van der Waals surface area contributed by atoms with Crippen LogP contribution in [0.2, 0.25) is 15.1 Å². The second kappa shape index (κ2) is 11.4. The summed E-state index contributed by atoms with van der Waals surface area (Å²) in [5.41, 5.74) is 3.80. The molecule has 6 rings (SSSR count). The second-order valence-electron chi connectivity index (χ2n) is 9.39. The fraction of sp³-hybridized carbons (Fsp3) is 0.167. The van der Waals surface area contributed by atoms with E-state index in [9.17, 15) is 4.79 Å². The molecule has 5 aromatic rings. The number of aromatic nitrogens is 3. The van der Waals surface area contributed by atoms with Crippen molar-refractivity contribution < 1.29 is 9.53 Å². The summed E-state index contributed by atoms with van der Waals surface area (Å²) in [5, 5.41) is 2.49. The molecule has 10 heteroatoms. The highest BCUT2D eigenvalue weighted by Crippen LogP contribution is 2.37.